The minimum Gasteiger partial charge on any atom is -0.354 e. The molecule has 3 aromatic rings. The van der Waals surface area contributed by atoms with E-state index < -0.39 is 0 Å². The van der Waals surface area contributed by atoms with Gasteiger partial charge >= 0.3 is 6.03 Å². The highest BCUT2D eigenvalue weighted by atomic mass is 16.2. The lowest BCUT2D eigenvalue weighted by atomic mass is 10.2. The van der Waals surface area contributed by atoms with Crippen LogP contribution in [-0.2, 0) is 7.05 Å². The number of carbonyl (C=O) groups is 1. The molecule has 0 aliphatic carbocycles. The van der Waals surface area contributed by atoms with Gasteiger partial charge in [0.1, 0.15) is 5.82 Å². The van der Waals surface area contributed by atoms with E-state index in [0.29, 0.717) is 0 Å². The molecule has 0 saturated carbocycles. The summed E-state index contributed by atoms with van der Waals surface area (Å²) < 4.78 is 2.23. The lowest BCUT2D eigenvalue weighted by Gasteiger charge is -2.36. The minimum atomic E-state index is -0.0251. The largest absolute Gasteiger partial charge is 0.354 e. The van der Waals surface area contributed by atoms with Gasteiger partial charge in [0.05, 0.1) is 0 Å². The van der Waals surface area contributed by atoms with E-state index in [1.54, 1.807) is 0 Å². The average molecular weight is 334 g/mol. The van der Waals surface area contributed by atoms with Crippen LogP contribution in [0.5, 0.6) is 0 Å². The number of amides is 2. The molecule has 5 nitrogen and oxygen atoms in total. The normalized spacial score (nSPS) is 14.8. The molecule has 0 atom stereocenters. The topological polar surface area (TPSA) is 40.5 Å². The van der Waals surface area contributed by atoms with Crippen LogP contribution >= 0.6 is 0 Å². The molecular formula is C20H22N4O. The van der Waals surface area contributed by atoms with Gasteiger partial charge < -0.3 is 19.7 Å². The first kappa shape index (κ1) is 15.6. The molecule has 2 amide bonds. The summed E-state index contributed by atoms with van der Waals surface area (Å²) >= 11 is 0. The first-order chi connectivity index (χ1) is 12.2. The molecule has 2 heterocycles. The standard InChI is InChI=1S/C20H22N4O/c1-22-18-10-6-5-7-16(18)15-19(22)23-11-13-24(14-12-23)20(25)21-17-8-3-2-4-9-17/h2-10,15H,11-14H2,1H3,(H,21,25). The number of hydrogen-bond acceptors (Lipinski definition) is 2. The van der Waals surface area contributed by atoms with Crippen molar-refractivity contribution in [2.45, 2.75) is 0 Å². The van der Waals surface area contributed by atoms with Crippen LogP contribution in [0.4, 0.5) is 16.3 Å². The Hall–Kier alpha value is -2.95. The van der Waals surface area contributed by atoms with Gasteiger partial charge in [-0.05, 0) is 24.3 Å². The SMILES string of the molecule is Cn1c(N2CCN(C(=O)Nc3ccccc3)CC2)cc2ccccc21. The summed E-state index contributed by atoms with van der Waals surface area (Å²) in [6.07, 6.45) is 0. The van der Waals surface area contributed by atoms with Crippen molar-refractivity contribution in [2.75, 3.05) is 36.4 Å². The van der Waals surface area contributed by atoms with Crippen LogP contribution < -0.4 is 10.2 Å². The van der Waals surface area contributed by atoms with E-state index in [1.165, 1.54) is 16.7 Å². The van der Waals surface area contributed by atoms with Gasteiger partial charge in [0.25, 0.3) is 0 Å². The maximum absolute atomic E-state index is 12.4. The number of aryl methyl sites for hydroxylation is 1. The summed E-state index contributed by atoms with van der Waals surface area (Å²) in [7, 11) is 2.10. The Morgan fingerprint density at radius 1 is 0.920 bits per heavy atom. The zero-order chi connectivity index (χ0) is 17.2. The van der Waals surface area contributed by atoms with Crippen LogP contribution in [0, 0.1) is 0 Å². The molecule has 1 aromatic heterocycles. The molecule has 0 unspecified atom stereocenters. The maximum atomic E-state index is 12.4. The summed E-state index contributed by atoms with van der Waals surface area (Å²) in [5.41, 5.74) is 2.07. The number of anilines is 2. The number of hydrogen-bond donors (Lipinski definition) is 1. The number of rotatable bonds is 2. The third-order valence-electron chi connectivity index (χ3n) is 4.84. The Kier molecular flexibility index (Phi) is 4.06. The summed E-state index contributed by atoms with van der Waals surface area (Å²) in [4.78, 5) is 16.6. The molecule has 0 bridgehead atoms. The lowest BCUT2D eigenvalue weighted by molar-refractivity contribution is 0.208. The smallest absolute Gasteiger partial charge is 0.321 e. The number of fused-ring (bicyclic) bond motifs is 1. The van der Waals surface area contributed by atoms with Crippen molar-refractivity contribution in [3.63, 3.8) is 0 Å². The molecule has 1 aliphatic heterocycles. The average Bonchev–Trinajstić information content (AvgIpc) is 3.00. The van der Waals surface area contributed by atoms with Crippen LogP contribution in [0.15, 0.2) is 60.7 Å². The molecule has 5 heteroatoms. The van der Waals surface area contributed by atoms with E-state index >= 15 is 0 Å². The van der Waals surface area contributed by atoms with Crippen molar-refractivity contribution >= 4 is 28.4 Å². The minimum absolute atomic E-state index is 0.0251. The summed E-state index contributed by atoms with van der Waals surface area (Å²) in [5.74, 6) is 1.21. The summed E-state index contributed by atoms with van der Waals surface area (Å²) in [5, 5.41) is 4.22. The first-order valence-corrected chi connectivity index (χ1v) is 8.63. The number of carbonyl (C=O) groups excluding carboxylic acids is 1. The number of nitrogens with zero attached hydrogens (tertiary/aromatic N) is 3. The molecular weight excluding hydrogens is 312 g/mol. The van der Waals surface area contributed by atoms with Gasteiger partial charge in [-0.15, -0.1) is 0 Å². The number of nitrogens with one attached hydrogen (secondary N) is 1. The van der Waals surface area contributed by atoms with E-state index in [1.807, 2.05) is 35.2 Å². The van der Waals surface area contributed by atoms with E-state index in [2.05, 4.69) is 52.2 Å². The molecule has 25 heavy (non-hydrogen) atoms. The van der Waals surface area contributed by atoms with Gasteiger partial charge in [0.15, 0.2) is 0 Å². The van der Waals surface area contributed by atoms with Crippen molar-refractivity contribution in [1.29, 1.82) is 0 Å². The van der Waals surface area contributed by atoms with Gasteiger partial charge in [-0.1, -0.05) is 36.4 Å². The van der Waals surface area contributed by atoms with Crippen LogP contribution in [0.1, 0.15) is 0 Å². The predicted molar refractivity (Wildman–Crippen MR) is 102 cm³/mol. The van der Waals surface area contributed by atoms with E-state index in [9.17, 15) is 4.79 Å². The van der Waals surface area contributed by atoms with E-state index in [4.69, 9.17) is 0 Å². The Morgan fingerprint density at radius 2 is 1.60 bits per heavy atom. The molecule has 1 aliphatic rings. The third-order valence-corrected chi connectivity index (χ3v) is 4.84. The molecule has 128 valence electrons. The van der Waals surface area contributed by atoms with Crippen molar-refractivity contribution in [3.05, 3.63) is 60.7 Å². The highest BCUT2D eigenvalue weighted by molar-refractivity contribution is 5.89. The molecule has 2 aromatic carbocycles. The van der Waals surface area contributed by atoms with Gasteiger partial charge in [0.2, 0.25) is 0 Å². The fraction of sp³-hybridized carbons (Fsp3) is 0.250. The predicted octanol–water partition coefficient (Wildman–Crippen LogP) is 3.53. The van der Waals surface area contributed by atoms with Crippen molar-refractivity contribution in [1.82, 2.24) is 9.47 Å². The first-order valence-electron chi connectivity index (χ1n) is 8.63. The Balaban J connectivity index is 1.42. The van der Waals surface area contributed by atoms with Crippen molar-refractivity contribution < 1.29 is 4.79 Å². The second-order valence-electron chi connectivity index (χ2n) is 6.39. The highest BCUT2D eigenvalue weighted by Gasteiger charge is 2.23. The van der Waals surface area contributed by atoms with Crippen LogP contribution in [0.2, 0.25) is 0 Å². The number of urea groups is 1. The number of benzene rings is 2. The zero-order valence-corrected chi connectivity index (χ0v) is 14.4. The Bertz CT molecular complexity index is 879. The Morgan fingerprint density at radius 3 is 2.32 bits per heavy atom. The number of piperazine rings is 1. The van der Waals surface area contributed by atoms with E-state index in [0.717, 1.165) is 31.9 Å². The zero-order valence-electron chi connectivity index (χ0n) is 14.4. The molecule has 0 radical (unpaired) electrons. The fourth-order valence-corrected chi connectivity index (χ4v) is 3.44. The number of aromatic nitrogens is 1. The number of para-hydroxylation sites is 2. The van der Waals surface area contributed by atoms with Crippen molar-refractivity contribution in [3.8, 4) is 0 Å². The molecule has 1 saturated heterocycles. The second-order valence-corrected chi connectivity index (χ2v) is 6.39. The molecule has 1 fully saturated rings. The second kappa shape index (κ2) is 6.51. The van der Waals surface area contributed by atoms with Gasteiger partial charge in [-0.25, -0.2) is 4.79 Å². The monoisotopic (exact) mass is 334 g/mol. The van der Waals surface area contributed by atoms with Crippen LogP contribution in [0.3, 0.4) is 0 Å². The lowest BCUT2D eigenvalue weighted by Crippen LogP contribution is -2.50. The summed E-state index contributed by atoms with van der Waals surface area (Å²) in [6.45, 7) is 3.12. The maximum Gasteiger partial charge on any atom is 0.321 e. The molecule has 0 spiro atoms. The van der Waals surface area contributed by atoms with Crippen LogP contribution in [0.25, 0.3) is 10.9 Å². The fourth-order valence-electron chi connectivity index (χ4n) is 3.44. The van der Waals surface area contributed by atoms with Crippen molar-refractivity contribution in [2.24, 2.45) is 7.05 Å². The molecule has 4 rings (SSSR count). The van der Waals surface area contributed by atoms with Gasteiger partial charge in [-0.3, -0.25) is 0 Å². The van der Waals surface area contributed by atoms with Crippen LogP contribution in [-0.4, -0.2) is 41.7 Å². The summed E-state index contributed by atoms with van der Waals surface area (Å²) in [6, 6.07) is 20.2. The highest BCUT2D eigenvalue weighted by Crippen LogP contribution is 2.26. The Labute approximate surface area is 147 Å². The van der Waals surface area contributed by atoms with E-state index in [-0.39, 0.29) is 6.03 Å². The third kappa shape index (κ3) is 3.05. The van der Waals surface area contributed by atoms with Gasteiger partial charge in [0, 0.05) is 49.8 Å². The molecule has 1 N–H and O–H groups in total. The van der Waals surface area contributed by atoms with Gasteiger partial charge in [-0.2, -0.15) is 0 Å². The quantitative estimate of drug-likeness (QED) is 0.779.